The van der Waals surface area contributed by atoms with Crippen molar-refractivity contribution in [2.24, 2.45) is 0 Å². The molecular formula is C18H17NO2. The van der Waals surface area contributed by atoms with Crippen LogP contribution in [0.1, 0.15) is 24.3 Å². The summed E-state index contributed by atoms with van der Waals surface area (Å²) in [6, 6.07) is 17.4. The zero-order valence-corrected chi connectivity index (χ0v) is 11.9. The van der Waals surface area contributed by atoms with Gasteiger partial charge in [0.25, 0.3) is 0 Å². The smallest absolute Gasteiger partial charge is 0.122 e. The zero-order chi connectivity index (χ0) is 14.7. The van der Waals surface area contributed by atoms with E-state index in [0.717, 1.165) is 22.1 Å². The Morgan fingerprint density at radius 1 is 1.05 bits per heavy atom. The second-order valence-electron chi connectivity index (χ2n) is 4.82. The lowest BCUT2D eigenvalue weighted by atomic mass is 10.0. The summed E-state index contributed by atoms with van der Waals surface area (Å²) in [5.41, 5.74) is 1.49. The molecule has 1 unspecified atom stereocenters. The van der Waals surface area contributed by atoms with Crippen molar-refractivity contribution in [2.45, 2.75) is 13.0 Å². The van der Waals surface area contributed by atoms with Gasteiger partial charge in [0.2, 0.25) is 0 Å². The summed E-state index contributed by atoms with van der Waals surface area (Å²) < 4.78 is 5.42. The minimum atomic E-state index is -0.744. The number of rotatable bonds is 4. The van der Waals surface area contributed by atoms with Crippen molar-refractivity contribution < 1.29 is 9.84 Å². The minimum absolute atomic E-state index is 0.632. The molecule has 1 atom stereocenters. The molecular weight excluding hydrogens is 262 g/mol. The van der Waals surface area contributed by atoms with Crippen molar-refractivity contribution in [1.82, 2.24) is 4.98 Å². The van der Waals surface area contributed by atoms with Gasteiger partial charge in [-0.1, -0.05) is 36.4 Å². The van der Waals surface area contributed by atoms with Crippen LogP contribution in [0.2, 0.25) is 0 Å². The minimum Gasteiger partial charge on any atom is -0.494 e. The van der Waals surface area contributed by atoms with Gasteiger partial charge in [0.1, 0.15) is 11.9 Å². The molecule has 0 fully saturated rings. The quantitative estimate of drug-likeness (QED) is 0.791. The van der Waals surface area contributed by atoms with Crippen LogP contribution in [-0.4, -0.2) is 16.7 Å². The monoisotopic (exact) mass is 279 g/mol. The average Bonchev–Trinajstić information content (AvgIpc) is 2.55. The van der Waals surface area contributed by atoms with Crippen molar-refractivity contribution in [1.29, 1.82) is 0 Å². The highest BCUT2D eigenvalue weighted by Crippen LogP contribution is 2.27. The molecule has 0 amide bonds. The van der Waals surface area contributed by atoms with E-state index in [1.54, 1.807) is 6.20 Å². The van der Waals surface area contributed by atoms with Crippen molar-refractivity contribution in [3.63, 3.8) is 0 Å². The maximum absolute atomic E-state index is 10.6. The molecule has 3 heteroatoms. The Kier molecular flexibility index (Phi) is 3.84. The standard InChI is InChI=1S/C18H17NO2/c1-2-21-15-9-7-14(8-10-15)18(20)17-16-6-4-3-5-13(16)11-12-19-17/h3-12,18,20H,2H2,1H3. The Labute approximate surface area is 123 Å². The molecule has 0 aliphatic heterocycles. The molecule has 1 heterocycles. The van der Waals surface area contributed by atoms with E-state index < -0.39 is 6.10 Å². The molecule has 1 aromatic heterocycles. The first-order valence-corrected chi connectivity index (χ1v) is 7.04. The summed E-state index contributed by atoms with van der Waals surface area (Å²) in [6.07, 6.45) is 0.988. The number of nitrogens with zero attached hydrogens (tertiary/aromatic N) is 1. The van der Waals surface area contributed by atoms with Gasteiger partial charge in [-0.15, -0.1) is 0 Å². The van der Waals surface area contributed by atoms with Crippen LogP contribution in [-0.2, 0) is 0 Å². The third-order valence-corrected chi connectivity index (χ3v) is 3.47. The summed E-state index contributed by atoms with van der Waals surface area (Å²) in [6.45, 7) is 2.58. The molecule has 0 saturated heterocycles. The molecule has 3 aromatic rings. The lowest BCUT2D eigenvalue weighted by molar-refractivity contribution is 0.217. The number of pyridine rings is 1. The number of aliphatic hydroxyl groups is 1. The molecule has 0 aliphatic carbocycles. The molecule has 106 valence electrons. The lowest BCUT2D eigenvalue weighted by Gasteiger charge is -2.13. The topological polar surface area (TPSA) is 42.4 Å². The Hall–Kier alpha value is -2.39. The van der Waals surface area contributed by atoms with Gasteiger partial charge < -0.3 is 9.84 Å². The van der Waals surface area contributed by atoms with Crippen LogP contribution in [0.25, 0.3) is 10.8 Å². The molecule has 0 radical (unpaired) electrons. The van der Waals surface area contributed by atoms with Gasteiger partial charge in [-0.2, -0.15) is 0 Å². The molecule has 0 spiro atoms. The number of ether oxygens (including phenoxy) is 1. The lowest BCUT2D eigenvalue weighted by Crippen LogP contribution is -2.03. The second-order valence-corrected chi connectivity index (χ2v) is 4.82. The Morgan fingerprint density at radius 3 is 2.57 bits per heavy atom. The first-order valence-electron chi connectivity index (χ1n) is 7.04. The van der Waals surface area contributed by atoms with Crippen molar-refractivity contribution in [3.8, 4) is 5.75 Å². The molecule has 0 bridgehead atoms. The van der Waals surface area contributed by atoms with Crippen LogP contribution >= 0.6 is 0 Å². The van der Waals surface area contributed by atoms with Gasteiger partial charge in [-0.3, -0.25) is 4.98 Å². The van der Waals surface area contributed by atoms with Gasteiger partial charge in [-0.05, 0) is 36.1 Å². The maximum atomic E-state index is 10.6. The molecule has 21 heavy (non-hydrogen) atoms. The third-order valence-electron chi connectivity index (χ3n) is 3.47. The van der Waals surface area contributed by atoms with Gasteiger partial charge >= 0.3 is 0 Å². The van der Waals surface area contributed by atoms with Crippen LogP contribution in [0.15, 0.2) is 60.8 Å². The highest BCUT2D eigenvalue weighted by atomic mass is 16.5. The molecule has 0 aliphatic rings. The number of aliphatic hydroxyl groups excluding tert-OH is 1. The van der Waals surface area contributed by atoms with Gasteiger partial charge in [-0.25, -0.2) is 0 Å². The summed E-state index contributed by atoms with van der Waals surface area (Å²) in [4.78, 5) is 4.36. The van der Waals surface area contributed by atoms with Crippen LogP contribution in [0.3, 0.4) is 0 Å². The van der Waals surface area contributed by atoms with E-state index in [-0.39, 0.29) is 0 Å². The molecule has 1 N–H and O–H groups in total. The highest BCUT2D eigenvalue weighted by molar-refractivity contribution is 5.84. The summed E-state index contributed by atoms with van der Waals surface area (Å²) in [5, 5.41) is 12.7. The predicted molar refractivity (Wildman–Crippen MR) is 83.4 cm³/mol. The van der Waals surface area contributed by atoms with Crippen LogP contribution in [0.5, 0.6) is 5.75 Å². The molecule has 3 nitrogen and oxygen atoms in total. The summed E-state index contributed by atoms with van der Waals surface area (Å²) >= 11 is 0. The molecule has 2 aromatic carbocycles. The van der Waals surface area contributed by atoms with Crippen LogP contribution < -0.4 is 4.74 Å². The SMILES string of the molecule is CCOc1ccc(C(O)c2nccc3ccccc23)cc1. The van der Waals surface area contributed by atoms with Crippen LogP contribution in [0, 0.1) is 0 Å². The first-order chi connectivity index (χ1) is 10.3. The maximum Gasteiger partial charge on any atom is 0.122 e. The molecule has 3 rings (SSSR count). The normalized spacial score (nSPS) is 12.3. The van der Waals surface area contributed by atoms with Crippen molar-refractivity contribution in [2.75, 3.05) is 6.61 Å². The van der Waals surface area contributed by atoms with E-state index in [1.807, 2.05) is 61.5 Å². The van der Waals surface area contributed by atoms with Crippen molar-refractivity contribution in [3.05, 3.63) is 72.1 Å². The van der Waals surface area contributed by atoms with E-state index in [1.165, 1.54) is 0 Å². The van der Waals surface area contributed by atoms with E-state index in [0.29, 0.717) is 12.3 Å². The summed E-state index contributed by atoms with van der Waals surface area (Å²) in [7, 11) is 0. The number of benzene rings is 2. The largest absolute Gasteiger partial charge is 0.494 e. The van der Waals surface area contributed by atoms with Gasteiger partial charge in [0.05, 0.1) is 12.3 Å². The fourth-order valence-electron chi connectivity index (χ4n) is 2.43. The highest BCUT2D eigenvalue weighted by Gasteiger charge is 2.14. The van der Waals surface area contributed by atoms with Gasteiger partial charge in [0.15, 0.2) is 0 Å². The second kappa shape index (κ2) is 5.94. The van der Waals surface area contributed by atoms with E-state index in [9.17, 15) is 5.11 Å². The fourth-order valence-corrected chi connectivity index (χ4v) is 2.43. The van der Waals surface area contributed by atoms with E-state index in [2.05, 4.69) is 4.98 Å². The molecule has 0 saturated carbocycles. The number of hydrogen-bond acceptors (Lipinski definition) is 3. The van der Waals surface area contributed by atoms with Gasteiger partial charge in [0, 0.05) is 11.6 Å². The predicted octanol–water partition coefficient (Wildman–Crippen LogP) is 3.72. The number of fused-ring (bicyclic) bond motifs is 1. The number of hydrogen-bond donors (Lipinski definition) is 1. The Bertz CT molecular complexity index is 732. The Balaban J connectivity index is 1.98. The average molecular weight is 279 g/mol. The van der Waals surface area contributed by atoms with E-state index >= 15 is 0 Å². The summed E-state index contributed by atoms with van der Waals surface area (Å²) in [5.74, 6) is 0.805. The van der Waals surface area contributed by atoms with E-state index in [4.69, 9.17) is 4.74 Å². The van der Waals surface area contributed by atoms with Crippen LogP contribution in [0.4, 0.5) is 0 Å². The van der Waals surface area contributed by atoms with Crippen molar-refractivity contribution >= 4 is 10.8 Å². The first kappa shape index (κ1) is 13.6. The number of aromatic nitrogens is 1. The zero-order valence-electron chi connectivity index (χ0n) is 11.9. The fraction of sp³-hybridized carbons (Fsp3) is 0.167. The third kappa shape index (κ3) is 2.73. The Morgan fingerprint density at radius 2 is 1.81 bits per heavy atom.